The highest BCUT2D eigenvalue weighted by atomic mass is 32.1. The summed E-state index contributed by atoms with van der Waals surface area (Å²) in [5.41, 5.74) is 2.58. The Balaban J connectivity index is 1.37. The summed E-state index contributed by atoms with van der Waals surface area (Å²) in [6, 6.07) is 9.16. The Morgan fingerprint density at radius 3 is 2.54 bits per heavy atom. The zero-order chi connectivity index (χ0) is 19.5. The molecular weight excluding hydrogens is 375 g/mol. The molecule has 3 heterocycles. The summed E-state index contributed by atoms with van der Waals surface area (Å²) in [6.45, 7) is 4.59. The number of halogens is 1. The van der Waals surface area contributed by atoms with Crippen LogP contribution >= 0.6 is 11.3 Å². The van der Waals surface area contributed by atoms with E-state index >= 15 is 0 Å². The van der Waals surface area contributed by atoms with Crippen LogP contribution in [0.25, 0.3) is 0 Å². The van der Waals surface area contributed by atoms with E-state index in [1.165, 1.54) is 18.2 Å². The molecule has 1 aromatic heterocycles. The van der Waals surface area contributed by atoms with Crippen LogP contribution in [0.3, 0.4) is 0 Å². The van der Waals surface area contributed by atoms with Crippen molar-refractivity contribution in [2.45, 2.75) is 24.7 Å². The van der Waals surface area contributed by atoms with Crippen LogP contribution in [0, 0.1) is 11.7 Å². The maximum absolute atomic E-state index is 13.2. The Morgan fingerprint density at radius 1 is 1.14 bits per heavy atom. The first-order valence-corrected chi connectivity index (χ1v) is 10.9. The summed E-state index contributed by atoms with van der Waals surface area (Å²) in [5, 5.41) is 4.32. The van der Waals surface area contributed by atoms with Gasteiger partial charge in [-0.1, -0.05) is 12.1 Å². The fourth-order valence-electron chi connectivity index (χ4n) is 4.71. The van der Waals surface area contributed by atoms with Crippen molar-refractivity contribution in [3.8, 4) is 0 Å². The lowest BCUT2D eigenvalue weighted by Gasteiger charge is -2.34. The molecule has 0 radical (unpaired) electrons. The van der Waals surface area contributed by atoms with Crippen LogP contribution in [0.15, 0.2) is 41.1 Å². The predicted octanol–water partition coefficient (Wildman–Crippen LogP) is 4.55. The van der Waals surface area contributed by atoms with E-state index in [9.17, 15) is 9.18 Å². The minimum absolute atomic E-state index is 0.169. The number of methoxy groups -OCH3 is 1. The van der Waals surface area contributed by atoms with Crippen LogP contribution in [0.1, 0.15) is 35.8 Å². The number of thiophene rings is 1. The van der Waals surface area contributed by atoms with Crippen molar-refractivity contribution in [3.05, 3.63) is 58.0 Å². The van der Waals surface area contributed by atoms with E-state index in [-0.39, 0.29) is 11.9 Å². The van der Waals surface area contributed by atoms with Gasteiger partial charge in [-0.3, -0.25) is 0 Å². The molecule has 1 aromatic carbocycles. The number of piperidine rings is 1. The number of hydrogen-bond acceptors (Lipinski definition) is 4. The first-order valence-electron chi connectivity index (χ1n) is 9.97. The van der Waals surface area contributed by atoms with Crippen LogP contribution < -0.4 is 0 Å². The number of rotatable bonds is 4. The molecule has 2 aromatic rings. The van der Waals surface area contributed by atoms with Gasteiger partial charge in [-0.25, -0.2) is 9.18 Å². The molecule has 2 aliphatic rings. The van der Waals surface area contributed by atoms with Gasteiger partial charge < -0.3 is 14.5 Å². The molecule has 0 saturated carbocycles. The van der Waals surface area contributed by atoms with Crippen molar-refractivity contribution >= 4 is 17.4 Å². The van der Waals surface area contributed by atoms with Crippen LogP contribution in [0.5, 0.6) is 0 Å². The molecule has 2 aliphatic heterocycles. The molecule has 2 saturated heterocycles. The summed E-state index contributed by atoms with van der Waals surface area (Å²) in [4.78, 5) is 16.4. The molecular formula is C22H27FN2O2S. The molecule has 0 spiro atoms. The molecule has 1 amide bonds. The maximum atomic E-state index is 13.2. The molecule has 0 bridgehead atoms. The summed E-state index contributed by atoms with van der Waals surface area (Å²) >= 11 is 1.71. The van der Waals surface area contributed by atoms with E-state index in [2.05, 4.69) is 21.7 Å². The van der Waals surface area contributed by atoms with Gasteiger partial charge in [0.2, 0.25) is 0 Å². The zero-order valence-electron chi connectivity index (χ0n) is 16.2. The molecule has 2 atom stereocenters. The molecule has 150 valence electrons. The normalized spacial score (nSPS) is 23.9. The molecule has 2 fully saturated rings. The lowest BCUT2D eigenvalue weighted by Crippen LogP contribution is -2.38. The number of hydrogen-bond donors (Lipinski definition) is 0. The lowest BCUT2D eigenvalue weighted by molar-refractivity contribution is 0.128. The van der Waals surface area contributed by atoms with Gasteiger partial charge in [-0.2, -0.15) is 11.3 Å². The topological polar surface area (TPSA) is 32.8 Å². The fraction of sp³-hybridized carbons (Fsp3) is 0.500. The Hall–Kier alpha value is -1.92. The number of carbonyl (C=O) groups excluding carboxylic acids is 1. The van der Waals surface area contributed by atoms with Gasteiger partial charge in [0, 0.05) is 25.6 Å². The van der Waals surface area contributed by atoms with Gasteiger partial charge >= 0.3 is 6.09 Å². The van der Waals surface area contributed by atoms with Crippen molar-refractivity contribution in [2.24, 2.45) is 5.92 Å². The van der Waals surface area contributed by atoms with Gasteiger partial charge in [0.1, 0.15) is 5.82 Å². The molecule has 6 heteroatoms. The predicted molar refractivity (Wildman–Crippen MR) is 109 cm³/mol. The van der Waals surface area contributed by atoms with E-state index in [1.807, 2.05) is 17.0 Å². The van der Waals surface area contributed by atoms with Crippen LogP contribution in [-0.4, -0.2) is 55.7 Å². The Bertz CT molecular complexity index is 772. The van der Waals surface area contributed by atoms with E-state index in [4.69, 9.17) is 4.74 Å². The van der Waals surface area contributed by atoms with Gasteiger partial charge in [0.15, 0.2) is 0 Å². The highest BCUT2D eigenvalue weighted by Crippen LogP contribution is 2.36. The van der Waals surface area contributed by atoms with Gasteiger partial charge in [0.25, 0.3) is 0 Å². The van der Waals surface area contributed by atoms with Gasteiger partial charge in [-0.15, -0.1) is 0 Å². The average Bonchev–Trinajstić information content (AvgIpc) is 3.38. The number of amides is 1. The van der Waals surface area contributed by atoms with Crippen LogP contribution in [-0.2, 0) is 4.74 Å². The van der Waals surface area contributed by atoms with Crippen molar-refractivity contribution < 1.29 is 13.9 Å². The second-order valence-corrected chi connectivity index (χ2v) is 8.70. The minimum atomic E-state index is -0.224. The second-order valence-electron chi connectivity index (χ2n) is 7.92. The number of nitrogens with zero attached hydrogens (tertiary/aromatic N) is 2. The van der Waals surface area contributed by atoms with Crippen molar-refractivity contribution in [1.82, 2.24) is 9.80 Å². The molecule has 28 heavy (non-hydrogen) atoms. The third kappa shape index (κ3) is 4.23. The molecule has 0 N–H and O–H groups in total. The standard InChI is InChI=1S/C22H27FN2O2S/c1-27-22(26)25-13-19(21(14-25)18-8-11-28-15-18)12-24-9-6-17(7-10-24)16-2-4-20(23)5-3-16/h2-5,8,11,15,17,19,21H,6-7,9-10,12-14H2,1H3. The number of carbonyl (C=O) groups is 1. The average molecular weight is 403 g/mol. The number of benzene rings is 1. The maximum Gasteiger partial charge on any atom is 0.409 e. The highest BCUT2D eigenvalue weighted by molar-refractivity contribution is 7.08. The third-order valence-corrected chi connectivity index (χ3v) is 6.97. The monoisotopic (exact) mass is 402 g/mol. The van der Waals surface area contributed by atoms with E-state index in [1.54, 1.807) is 23.5 Å². The van der Waals surface area contributed by atoms with E-state index in [0.29, 0.717) is 17.8 Å². The van der Waals surface area contributed by atoms with Crippen molar-refractivity contribution in [2.75, 3.05) is 39.8 Å². The Morgan fingerprint density at radius 2 is 1.89 bits per heavy atom. The Labute approximate surface area is 169 Å². The van der Waals surface area contributed by atoms with Crippen LogP contribution in [0.2, 0.25) is 0 Å². The largest absolute Gasteiger partial charge is 0.453 e. The Kier molecular flexibility index (Phi) is 5.97. The van der Waals surface area contributed by atoms with Crippen molar-refractivity contribution in [1.29, 1.82) is 0 Å². The summed E-state index contributed by atoms with van der Waals surface area (Å²) in [7, 11) is 1.45. The number of likely N-dealkylation sites (tertiary alicyclic amines) is 2. The fourth-order valence-corrected chi connectivity index (χ4v) is 5.44. The first kappa shape index (κ1) is 19.4. The molecule has 4 nitrogen and oxygen atoms in total. The van der Waals surface area contributed by atoms with Gasteiger partial charge in [0.05, 0.1) is 7.11 Å². The SMILES string of the molecule is COC(=O)N1CC(CN2CCC(c3ccc(F)cc3)CC2)C(c2ccsc2)C1. The summed E-state index contributed by atoms with van der Waals surface area (Å²) in [5.74, 6) is 1.15. The van der Waals surface area contributed by atoms with Gasteiger partial charge in [-0.05, 0) is 77.9 Å². The van der Waals surface area contributed by atoms with E-state index < -0.39 is 0 Å². The summed E-state index contributed by atoms with van der Waals surface area (Å²) in [6.07, 6.45) is 1.97. The smallest absolute Gasteiger partial charge is 0.409 e. The van der Waals surface area contributed by atoms with E-state index in [0.717, 1.165) is 45.6 Å². The summed E-state index contributed by atoms with van der Waals surface area (Å²) < 4.78 is 18.1. The molecule has 2 unspecified atom stereocenters. The second kappa shape index (κ2) is 8.62. The molecule has 4 rings (SSSR count). The third-order valence-electron chi connectivity index (χ3n) is 6.27. The quantitative estimate of drug-likeness (QED) is 0.752. The minimum Gasteiger partial charge on any atom is -0.453 e. The van der Waals surface area contributed by atoms with Crippen molar-refractivity contribution in [3.63, 3.8) is 0 Å². The van der Waals surface area contributed by atoms with Crippen LogP contribution in [0.4, 0.5) is 9.18 Å². The lowest BCUT2D eigenvalue weighted by atomic mass is 9.87. The highest BCUT2D eigenvalue weighted by Gasteiger charge is 2.38. The molecule has 0 aliphatic carbocycles. The first-order chi connectivity index (χ1) is 13.6. The number of ether oxygens (including phenoxy) is 1. The zero-order valence-corrected chi connectivity index (χ0v) is 17.0.